The van der Waals surface area contributed by atoms with Crippen molar-refractivity contribution in [3.8, 4) is 11.1 Å². The molecule has 1 saturated carbocycles. The lowest BCUT2D eigenvalue weighted by atomic mass is 9.39. The van der Waals surface area contributed by atoms with Crippen molar-refractivity contribution in [1.82, 2.24) is 0 Å². The molecule has 2 spiro atoms. The fraction of sp³-hybridized carbons (Fsp3) is 0.343. The van der Waals surface area contributed by atoms with Crippen LogP contribution in [0.2, 0.25) is 0 Å². The zero-order valence-electron chi connectivity index (χ0n) is 36.2. The zero-order chi connectivity index (χ0) is 40.0. The molecule has 1 heteroatoms. The molecule has 0 saturated heterocycles. The Labute approximate surface area is 387 Å². The van der Waals surface area contributed by atoms with Gasteiger partial charge < -0.3 is 0 Å². The Balaban J connectivity index is 1.05. The molecule has 0 nitrogen and oxygen atoms in total. The molecule has 11 aromatic rings. The molecule has 22 atom stereocenters. The van der Waals surface area contributed by atoms with E-state index in [1.807, 2.05) is 203 Å². The van der Waals surface area contributed by atoms with E-state index in [-0.39, 0.29) is 10.2 Å². The zero-order valence-corrected chi connectivity index (χ0v) is 37.0. The van der Waals surface area contributed by atoms with E-state index < -0.39 is 0 Å². The Morgan fingerprint density at radius 1 is 0.309 bits per heavy atom. The number of fused-ring (bicyclic) bond motifs is 1. The smallest absolute Gasteiger partial charge is 0.0645 e. The van der Waals surface area contributed by atoms with E-state index >= 15 is 0 Å². The minimum Gasteiger partial charge on any atom is -0.112 e. The van der Waals surface area contributed by atoms with E-state index in [0.717, 1.165) is 0 Å². The molecule has 1 aliphatic heterocycles. The monoisotopic (exact) mass is 862 g/mol. The van der Waals surface area contributed by atoms with E-state index in [2.05, 4.69) is 48.0 Å². The van der Waals surface area contributed by atoms with E-state index in [1.165, 1.54) is 0 Å². The number of hydrogen-bond acceptors (Lipinski definition) is 1. The van der Waals surface area contributed by atoms with Crippen LogP contribution in [-0.2, 0) is 10.2 Å². The first kappa shape index (κ1) is 26.6. The summed E-state index contributed by atoms with van der Waals surface area (Å²) in [6, 6.07) is 7.96. The van der Waals surface area contributed by atoms with Gasteiger partial charge in [0, 0.05) is 10.3 Å². The van der Waals surface area contributed by atoms with Crippen molar-refractivity contribution >= 4 is 97.9 Å². The van der Waals surface area contributed by atoms with Gasteiger partial charge in [0.25, 0.3) is 0 Å². The average molecular weight is 863 g/mol. The highest BCUT2D eigenvalue weighted by Crippen LogP contribution is 3.01. The first-order chi connectivity index (χ1) is 33.8. The summed E-state index contributed by atoms with van der Waals surface area (Å²) in [7, 11) is 0. The summed E-state index contributed by atoms with van der Waals surface area (Å²) in [5.74, 6) is 13.5. The fourth-order valence-electron chi connectivity index (χ4n) is 32.0. The lowest BCUT2D eigenvalue weighted by molar-refractivity contribution is 0.0341. The Morgan fingerprint density at radius 2 is 0.618 bits per heavy atom. The van der Waals surface area contributed by atoms with Crippen molar-refractivity contribution in [3.63, 3.8) is 0 Å². The van der Waals surface area contributed by atoms with Gasteiger partial charge in [0.05, 0.1) is 4.75 Å². The van der Waals surface area contributed by atoms with Crippen molar-refractivity contribution in [1.29, 1.82) is 0 Å². The predicted octanol–water partition coefficient (Wildman–Crippen LogP) is 14.8. The normalized spacial score (nSPS) is 49.0. The lowest BCUT2D eigenvalue weighted by Gasteiger charge is -2.65. The number of hydrogen-bond donors (Lipinski definition) is 0. The lowest BCUT2D eigenvalue weighted by Crippen LogP contribution is -2.62. The summed E-state index contributed by atoms with van der Waals surface area (Å²) in [6.07, 6.45) is 0. The maximum Gasteiger partial charge on any atom is 0.0645 e. The summed E-state index contributed by atoms with van der Waals surface area (Å²) < 4.78 is 0.0784. The van der Waals surface area contributed by atoms with E-state index in [9.17, 15) is 0 Å². The van der Waals surface area contributed by atoms with E-state index in [1.54, 1.807) is 10.5 Å². The van der Waals surface area contributed by atoms with Crippen LogP contribution >= 0.6 is 11.8 Å². The minimum absolute atomic E-state index is 0.0482. The second-order valence-electron chi connectivity index (χ2n) is 29.1. The summed E-state index contributed by atoms with van der Waals surface area (Å²) >= 11 is 2.58. The molecule has 34 rings (SSSR count). The van der Waals surface area contributed by atoms with Crippen LogP contribution in [0.3, 0.4) is 0 Å². The molecule has 22 aliphatic carbocycles. The molecule has 0 aromatic heterocycles. The third-order valence-electron chi connectivity index (χ3n) is 30.4. The SMILES string of the molecule is Cc1cccc2c1SC13c4c5c6c7c8c9c%10c%11c%12c%13c%14c%15c(c%16c%13c%10c7c4-%16)C21C1C%15C2c4c7c%10c%13c%15c%16c%17c%18c%19c%20c%21c%22c%23c(c4c4c%22c%19c%16c%104)C2C%14C%12C%23C%21C%11C9C%20C%18C8C6C%17C%15C5C3C%13C71. The summed E-state index contributed by atoms with van der Waals surface area (Å²) in [4.78, 5) is 1.76. The highest BCUT2D eigenvalue weighted by molar-refractivity contribution is 8.00. The maximum atomic E-state index is 2.83. The molecule has 1 fully saturated rings. The second-order valence-corrected chi connectivity index (χ2v) is 30.3. The maximum absolute atomic E-state index is 2.83. The first-order valence-electron chi connectivity index (χ1n) is 27.8. The van der Waals surface area contributed by atoms with Crippen molar-refractivity contribution in [2.45, 2.75) is 129 Å². The van der Waals surface area contributed by atoms with Crippen LogP contribution in [0.4, 0.5) is 0 Å². The summed E-state index contributed by atoms with van der Waals surface area (Å²) in [6.45, 7) is 2.56. The van der Waals surface area contributed by atoms with Gasteiger partial charge in [0.15, 0.2) is 0 Å². The Kier molecular flexibility index (Phi) is 2.36. The largest absolute Gasteiger partial charge is 0.112 e. The van der Waals surface area contributed by atoms with Crippen LogP contribution in [-0.4, -0.2) is 0 Å². The Morgan fingerprint density at radius 3 is 1.07 bits per heavy atom. The molecule has 0 N–H and O–H groups in total. The third kappa shape index (κ3) is 1.40. The molecule has 0 amide bonds. The second kappa shape index (κ2) is 6.04. The molecular formula is C67H26S. The molecule has 1 heterocycles. The Bertz CT molecular complexity index is 5420. The molecule has 0 bridgehead atoms. The van der Waals surface area contributed by atoms with Gasteiger partial charge in [-0.05, 0) is 345 Å². The highest BCUT2D eigenvalue weighted by atomic mass is 32.2. The average Bonchev–Trinajstić information content (AvgIpc) is 4.18. The van der Waals surface area contributed by atoms with Gasteiger partial charge in [-0.2, -0.15) is 0 Å². The number of rotatable bonds is 0. The van der Waals surface area contributed by atoms with Crippen LogP contribution in [0.1, 0.15) is 229 Å². The van der Waals surface area contributed by atoms with Crippen molar-refractivity contribution in [2.75, 3.05) is 0 Å². The van der Waals surface area contributed by atoms with Crippen molar-refractivity contribution in [2.24, 2.45) is 11.8 Å². The van der Waals surface area contributed by atoms with Gasteiger partial charge in [0.2, 0.25) is 0 Å². The predicted molar refractivity (Wildman–Crippen MR) is 261 cm³/mol. The third-order valence-corrected chi connectivity index (χ3v) is 32.3. The topological polar surface area (TPSA) is 0 Å². The standard InChI is InChI=1S/C67H26S/c1-5-3-2-4-6-65(5)68-67-63-57-51-41-29-21-13-9-7-8-11-15(13)23(29)33-27-19(11)20-12(8)16-14-10(7)18-17(9)25-31(21)39-45-35(25)36-26(18)32-22(14)30-24(16)34-28(20)38-37(27)49(43(33)51)59(63)60-50(38)44(34)52-42(30)48-40(32)46(36)54-53(45)61(55(57)47(39)41)66(6,67)62(54)56(48)58(52)64(60)67/h2-4,9,11,13,15,17,19,25,27,35-38,46,50,54,56,58,60,62,64H,1H3. The first-order valence-corrected chi connectivity index (χ1v) is 28.7. The van der Waals surface area contributed by atoms with Gasteiger partial charge in [-0.25, -0.2) is 0 Å². The van der Waals surface area contributed by atoms with Gasteiger partial charge in [-0.1, -0.05) is 18.2 Å². The van der Waals surface area contributed by atoms with Gasteiger partial charge in [0.1, 0.15) is 0 Å². The van der Waals surface area contributed by atoms with E-state index in [0.29, 0.717) is 118 Å². The number of thioether (sulfide) groups is 1. The van der Waals surface area contributed by atoms with Crippen molar-refractivity contribution < 1.29 is 0 Å². The molecule has 22 unspecified atom stereocenters. The summed E-state index contributed by atoms with van der Waals surface area (Å²) in [5.41, 5.74) is 48.1. The quantitative estimate of drug-likeness (QED) is 0.137. The van der Waals surface area contributed by atoms with Crippen LogP contribution in [0, 0.1) is 18.8 Å². The molecule has 0 radical (unpaired) electrons. The van der Waals surface area contributed by atoms with Gasteiger partial charge in [-0.3, -0.25) is 0 Å². The van der Waals surface area contributed by atoms with Crippen molar-refractivity contribution in [3.05, 3.63) is 141 Å². The van der Waals surface area contributed by atoms with Gasteiger partial charge >= 0.3 is 0 Å². The van der Waals surface area contributed by atoms with Crippen LogP contribution in [0.5, 0.6) is 0 Å². The van der Waals surface area contributed by atoms with Crippen LogP contribution in [0.25, 0.3) is 97.3 Å². The molecule has 68 heavy (non-hydrogen) atoms. The number of benzene rings is 10. The van der Waals surface area contributed by atoms with E-state index in [4.69, 9.17) is 0 Å². The van der Waals surface area contributed by atoms with Crippen LogP contribution < -0.4 is 0 Å². The number of aryl methyl sites for hydroxylation is 1. The molecule has 11 aromatic carbocycles. The highest BCUT2D eigenvalue weighted by Gasteiger charge is 2.89. The minimum atomic E-state index is 0.0482. The van der Waals surface area contributed by atoms with Crippen LogP contribution in [0.15, 0.2) is 23.1 Å². The van der Waals surface area contributed by atoms with Gasteiger partial charge in [-0.15, -0.1) is 11.8 Å². The molecule has 23 aliphatic rings. The summed E-state index contributed by atoms with van der Waals surface area (Å²) in [5, 5.41) is 30.8. The fourth-order valence-corrected chi connectivity index (χ4v) is 34.1. The molecule has 300 valence electrons. The molecular weight excluding hydrogens is 837 g/mol. The Hall–Kier alpha value is -5.37.